The number of hydrogen-bond donors (Lipinski definition) is 2. The molecule has 1 aromatic carbocycles. The molecule has 8 heteroatoms. The molecule has 0 saturated carbocycles. The molecule has 0 spiro atoms. The smallest absolute Gasteiger partial charge is 0.191 e. The molecule has 0 amide bonds. The monoisotopic (exact) mass is 382 g/mol. The first-order chi connectivity index (χ1) is 13.7. The number of rotatable bonds is 7. The fourth-order valence-corrected chi connectivity index (χ4v) is 2.51. The number of benzene rings is 1. The summed E-state index contributed by atoms with van der Waals surface area (Å²) in [5.74, 6) is 1.30. The lowest BCUT2D eigenvalue weighted by Crippen LogP contribution is -2.41. The van der Waals surface area contributed by atoms with Crippen LogP contribution in [0.15, 0.2) is 66.3 Å². The minimum atomic E-state index is -0.372. The van der Waals surface area contributed by atoms with Crippen molar-refractivity contribution in [3.63, 3.8) is 0 Å². The Morgan fingerprint density at radius 1 is 1.25 bits per heavy atom. The average Bonchev–Trinajstić information content (AvgIpc) is 3.25. The van der Waals surface area contributed by atoms with Crippen LogP contribution in [0.2, 0.25) is 0 Å². The second-order valence-electron chi connectivity index (χ2n) is 6.16. The molecular weight excluding hydrogens is 359 g/mol. The number of halogens is 1. The molecule has 0 aliphatic rings. The molecule has 0 bridgehead atoms. The van der Waals surface area contributed by atoms with Gasteiger partial charge in [0.1, 0.15) is 18.2 Å². The van der Waals surface area contributed by atoms with Crippen molar-refractivity contribution in [1.29, 1.82) is 0 Å². The number of guanidine groups is 1. The van der Waals surface area contributed by atoms with Crippen LogP contribution in [0, 0.1) is 5.82 Å². The van der Waals surface area contributed by atoms with E-state index in [4.69, 9.17) is 4.74 Å². The van der Waals surface area contributed by atoms with Crippen LogP contribution in [-0.2, 0) is 6.54 Å². The van der Waals surface area contributed by atoms with Gasteiger partial charge in [-0.05, 0) is 30.7 Å². The molecule has 0 fully saturated rings. The van der Waals surface area contributed by atoms with E-state index in [-0.39, 0.29) is 17.7 Å². The summed E-state index contributed by atoms with van der Waals surface area (Å²) >= 11 is 0. The van der Waals surface area contributed by atoms with Crippen LogP contribution in [0.25, 0.3) is 5.82 Å². The fraction of sp³-hybridized carbons (Fsp3) is 0.250. The summed E-state index contributed by atoms with van der Waals surface area (Å²) in [5, 5.41) is 6.39. The average molecular weight is 382 g/mol. The van der Waals surface area contributed by atoms with E-state index in [1.165, 1.54) is 6.07 Å². The van der Waals surface area contributed by atoms with Crippen molar-refractivity contribution in [1.82, 2.24) is 25.2 Å². The Hall–Kier alpha value is -3.42. The summed E-state index contributed by atoms with van der Waals surface area (Å²) in [4.78, 5) is 12.6. The quantitative estimate of drug-likeness (QED) is 0.485. The molecule has 28 heavy (non-hydrogen) atoms. The lowest BCUT2D eigenvalue weighted by molar-refractivity contribution is 0.214. The van der Waals surface area contributed by atoms with E-state index in [1.807, 2.05) is 29.8 Å². The van der Waals surface area contributed by atoms with E-state index in [1.54, 1.807) is 44.0 Å². The molecule has 0 aliphatic carbocycles. The SMILES string of the molecule is CN=C(NCc1ccc(-n2ccnc2)nc1)NCC(C)Oc1ccccc1F. The van der Waals surface area contributed by atoms with Gasteiger partial charge in [-0.1, -0.05) is 18.2 Å². The van der Waals surface area contributed by atoms with Crippen molar-refractivity contribution in [3.8, 4) is 11.6 Å². The molecule has 7 nitrogen and oxygen atoms in total. The Kier molecular flexibility index (Phi) is 6.56. The third-order valence-corrected chi connectivity index (χ3v) is 3.98. The summed E-state index contributed by atoms with van der Waals surface area (Å²) in [7, 11) is 1.69. The standard InChI is InChI=1S/C20H23FN6O/c1-15(28-18-6-4-3-5-17(18)21)11-25-20(22-2)26-13-16-7-8-19(24-12-16)27-10-9-23-14-27/h3-10,12,14-15H,11,13H2,1-2H3,(H2,22,25,26). The lowest BCUT2D eigenvalue weighted by Gasteiger charge is -2.18. The highest BCUT2D eigenvalue weighted by Gasteiger charge is 2.09. The molecule has 146 valence electrons. The van der Waals surface area contributed by atoms with Gasteiger partial charge >= 0.3 is 0 Å². The van der Waals surface area contributed by atoms with Gasteiger partial charge in [0.15, 0.2) is 17.5 Å². The van der Waals surface area contributed by atoms with Gasteiger partial charge in [0.2, 0.25) is 0 Å². The molecule has 0 radical (unpaired) electrons. The van der Waals surface area contributed by atoms with Crippen LogP contribution in [0.3, 0.4) is 0 Å². The second kappa shape index (κ2) is 9.50. The molecule has 2 N–H and O–H groups in total. The maximum Gasteiger partial charge on any atom is 0.191 e. The van der Waals surface area contributed by atoms with E-state index in [2.05, 4.69) is 25.6 Å². The zero-order chi connectivity index (χ0) is 19.8. The molecule has 1 unspecified atom stereocenters. The zero-order valence-electron chi connectivity index (χ0n) is 15.8. The number of para-hydroxylation sites is 1. The number of aliphatic imine (C=N–C) groups is 1. The van der Waals surface area contributed by atoms with Crippen molar-refractivity contribution < 1.29 is 9.13 Å². The molecule has 2 heterocycles. The predicted molar refractivity (Wildman–Crippen MR) is 106 cm³/mol. The van der Waals surface area contributed by atoms with Crippen LogP contribution in [0.5, 0.6) is 5.75 Å². The Bertz CT molecular complexity index is 895. The maximum absolute atomic E-state index is 13.6. The number of nitrogens with zero attached hydrogens (tertiary/aromatic N) is 4. The van der Waals surface area contributed by atoms with Crippen molar-refractivity contribution >= 4 is 5.96 Å². The fourth-order valence-electron chi connectivity index (χ4n) is 2.51. The third-order valence-electron chi connectivity index (χ3n) is 3.98. The van der Waals surface area contributed by atoms with E-state index in [0.717, 1.165) is 11.4 Å². The largest absolute Gasteiger partial charge is 0.486 e. The Morgan fingerprint density at radius 2 is 2.11 bits per heavy atom. The van der Waals surface area contributed by atoms with Gasteiger partial charge in [0, 0.05) is 32.2 Å². The van der Waals surface area contributed by atoms with Gasteiger partial charge in [0.05, 0.1) is 6.54 Å². The predicted octanol–water partition coefficient (Wildman–Crippen LogP) is 2.54. The highest BCUT2D eigenvalue weighted by atomic mass is 19.1. The minimum Gasteiger partial charge on any atom is -0.486 e. The molecule has 0 saturated heterocycles. The normalized spacial score (nSPS) is 12.5. The molecule has 3 aromatic rings. The maximum atomic E-state index is 13.6. The van der Waals surface area contributed by atoms with Gasteiger partial charge in [-0.3, -0.25) is 9.56 Å². The van der Waals surface area contributed by atoms with Crippen LogP contribution < -0.4 is 15.4 Å². The molecule has 2 aromatic heterocycles. The third kappa shape index (κ3) is 5.29. The summed E-state index contributed by atoms with van der Waals surface area (Å²) in [6.45, 7) is 2.91. The number of ether oxygens (including phenoxy) is 1. The number of aromatic nitrogens is 3. The molecule has 3 rings (SSSR count). The van der Waals surface area contributed by atoms with Gasteiger partial charge in [0.25, 0.3) is 0 Å². The van der Waals surface area contributed by atoms with Crippen LogP contribution in [0.4, 0.5) is 4.39 Å². The number of hydrogen-bond acceptors (Lipinski definition) is 4. The minimum absolute atomic E-state index is 0.230. The van der Waals surface area contributed by atoms with E-state index >= 15 is 0 Å². The van der Waals surface area contributed by atoms with E-state index in [9.17, 15) is 4.39 Å². The number of nitrogens with one attached hydrogen (secondary N) is 2. The Morgan fingerprint density at radius 3 is 2.79 bits per heavy atom. The molecule has 0 aliphatic heterocycles. The first-order valence-corrected chi connectivity index (χ1v) is 8.94. The van der Waals surface area contributed by atoms with Crippen molar-refractivity contribution in [2.24, 2.45) is 4.99 Å². The highest BCUT2D eigenvalue weighted by molar-refractivity contribution is 5.79. The van der Waals surface area contributed by atoms with Gasteiger partial charge in [-0.25, -0.2) is 14.4 Å². The van der Waals surface area contributed by atoms with Crippen LogP contribution in [-0.4, -0.2) is 40.2 Å². The summed E-state index contributed by atoms with van der Waals surface area (Å²) in [6.07, 6.45) is 6.84. The van der Waals surface area contributed by atoms with Gasteiger partial charge in [-0.15, -0.1) is 0 Å². The van der Waals surface area contributed by atoms with Crippen molar-refractivity contribution in [2.45, 2.75) is 19.6 Å². The number of imidazole rings is 1. The first-order valence-electron chi connectivity index (χ1n) is 8.94. The highest BCUT2D eigenvalue weighted by Crippen LogP contribution is 2.16. The van der Waals surface area contributed by atoms with Crippen molar-refractivity contribution in [2.75, 3.05) is 13.6 Å². The lowest BCUT2D eigenvalue weighted by atomic mass is 10.3. The molecular formula is C20H23FN6O. The topological polar surface area (TPSA) is 76.4 Å². The van der Waals surface area contributed by atoms with E-state index in [0.29, 0.717) is 19.0 Å². The van der Waals surface area contributed by atoms with Crippen molar-refractivity contribution in [3.05, 3.63) is 72.7 Å². The number of pyridine rings is 1. The van der Waals surface area contributed by atoms with Gasteiger partial charge < -0.3 is 15.4 Å². The van der Waals surface area contributed by atoms with Gasteiger partial charge in [-0.2, -0.15) is 0 Å². The zero-order valence-corrected chi connectivity index (χ0v) is 15.8. The summed E-state index contributed by atoms with van der Waals surface area (Å²) in [6, 6.07) is 10.3. The van der Waals surface area contributed by atoms with E-state index < -0.39 is 0 Å². The Balaban J connectivity index is 1.46. The van der Waals surface area contributed by atoms with Crippen LogP contribution in [0.1, 0.15) is 12.5 Å². The van der Waals surface area contributed by atoms with Crippen LogP contribution >= 0.6 is 0 Å². The Labute approximate surface area is 163 Å². The summed E-state index contributed by atoms with van der Waals surface area (Å²) in [5.41, 5.74) is 1.02. The second-order valence-corrected chi connectivity index (χ2v) is 6.16. The molecule has 1 atom stereocenters. The summed E-state index contributed by atoms with van der Waals surface area (Å²) < 4.78 is 21.1. The first kappa shape index (κ1) is 19.3.